The van der Waals surface area contributed by atoms with E-state index in [-0.39, 0.29) is 10.8 Å². The average molecular weight is 240 g/mol. The molecule has 2 N–H and O–H groups in total. The maximum absolute atomic E-state index is 13.1. The first-order valence-corrected chi connectivity index (χ1v) is 5.72. The van der Waals surface area contributed by atoms with Crippen LogP contribution in [0.3, 0.4) is 0 Å². The van der Waals surface area contributed by atoms with Crippen LogP contribution in [0, 0.1) is 5.82 Å². The molecule has 88 valence electrons. The van der Waals surface area contributed by atoms with E-state index >= 15 is 0 Å². The number of halogens is 1. The molecule has 0 fully saturated rings. The monoisotopic (exact) mass is 240 g/mol. The third-order valence-corrected chi connectivity index (χ3v) is 2.60. The second kappa shape index (κ2) is 5.92. The molecule has 0 atom stereocenters. The van der Waals surface area contributed by atoms with Crippen molar-refractivity contribution >= 4 is 17.2 Å². The molecule has 0 aliphatic rings. The van der Waals surface area contributed by atoms with Crippen LogP contribution in [0.15, 0.2) is 18.2 Å². The van der Waals surface area contributed by atoms with Gasteiger partial charge in [-0.2, -0.15) is 0 Å². The molecule has 0 aromatic heterocycles. The van der Waals surface area contributed by atoms with Gasteiger partial charge in [0.25, 0.3) is 0 Å². The Labute approximate surface area is 101 Å². The highest BCUT2D eigenvalue weighted by molar-refractivity contribution is 7.80. The zero-order valence-corrected chi connectivity index (χ0v) is 10.5. The van der Waals surface area contributed by atoms with E-state index in [1.807, 2.05) is 7.05 Å². The summed E-state index contributed by atoms with van der Waals surface area (Å²) in [7, 11) is 2.02. The summed E-state index contributed by atoms with van der Waals surface area (Å²) in [6.07, 6.45) is 1.08. The minimum atomic E-state index is -0.301. The van der Waals surface area contributed by atoms with Gasteiger partial charge in [0.2, 0.25) is 0 Å². The Morgan fingerprint density at radius 1 is 1.50 bits per heavy atom. The molecule has 2 nitrogen and oxygen atoms in total. The SMILES string of the molecule is CCCN(C)Cc1ccc(F)cc1C(N)=S. The van der Waals surface area contributed by atoms with E-state index in [0.29, 0.717) is 5.56 Å². The molecular formula is C12H17FN2S. The van der Waals surface area contributed by atoms with Crippen LogP contribution in [0.1, 0.15) is 24.5 Å². The van der Waals surface area contributed by atoms with Crippen LogP contribution in [0.4, 0.5) is 4.39 Å². The topological polar surface area (TPSA) is 29.3 Å². The third-order valence-electron chi connectivity index (χ3n) is 2.38. The highest BCUT2D eigenvalue weighted by Crippen LogP contribution is 2.13. The molecule has 1 aromatic rings. The molecule has 0 amide bonds. The Morgan fingerprint density at radius 2 is 2.19 bits per heavy atom. The molecule has 1 rings (SSSR count). The van der Waals surface area contributed by atoms with Crippen LogP contribution in [-0.2, 0) is 6.54 Å². The summed E-state index contributed by atoms with van der Waals surface area (Å²) in [4.78, 5) is 2.41. The number of hydrogen-bond donors (Lipinski definition) is 1. The summed E-state index contributed by atoms with van der Waals surface area (Å²) >= 11 is 4.92. The Bertz CT molecular complexity index is 379. The molecule has 0 aliphatic heterocycles. The zero-order valence-electron chi connectivity index (χ0n) is 9.66. The Balaban J connectivity index is 2.90. The number of benzene rings is 1. The van der Waals surface area contributed by atoms with E-state index in [9.17, 15) is 4.39 Å². The largest absolute Gasteiger partial charge is 0.389 e. The fourth-order valence-corrected chi connectivity index (χ4v) is 1.86. The Hall–Kier alpha value is -1.00. The maximum Gasteiger partial charge on any atom is 0.123 e. The van der Waals surface area contributed by atoms with Crippen LogP contribution in [0.2, 0.25) is 0 Å². The Morgan fingerprint density at radius 3 is 2.75 bits per heavy atom. The van der Waals surface area contributed by atoms with Crippen LogP contribution in [0.25, 0.3) is 0 Å². The lowest BCUT2D eigenvalue weighted by molar-refractivity contribution is 0.327. The molecule has 1 aromatic carbocycles. The molecule has 0 bridgehead atoms. The summed E-state index contributed by atoms with van der Waals surface area (Å²) in [6.45, 7) is 3.85. The molecule has 4 heteroatoms. The van der Waals surface area contributed by atoms with Gasteiger partial charge in [-0.3, -0.25) is 0 Å². The van der Waals surface area contributed by atoms with Crippen LogP contribution in [-0.4, -0.2) is 23.5 Å². The predicted octanol–water partition coefficient (Wildman–Crippen LogP) is 2.30. The lowest BCUT2D eigenvalue weighted by atomic mass is 10.1. The number of nitrogens with zero attached hydrogens (tertiary/aromatic N) is 1. The standard InChI is InChI=1S/C12H17FN2S/c1-3-6-15(2)8-9-4-5-10(13)7-11(9)12(14)16/h4-5,7H,3,6,8H2,1-2H3,(H2,14,16). The number of thiocarbonyl (C=S) groups is 1. The van der Waals surface area contributed by atoms with Gasteiger partial charge in [-0.05, 0) is 37.7 Å². The quantitative estimate of drug-likeness (QED) is 0.801. The molecular weight excluding hydrogens is 223 g/mol. The predicted molar refractivity (Wildman–Crippen MR) is 68.9 cm³/mol. The summed E-state index contributed by atoms with van der Waals surface area (Å²) in [5, 5.41) is 0. The number of hydrogen-bond acceptors (Lipinski definition) is 2. The lowest BCUT2D eigenvalue weighted by Gasteiger charge is -2.17. The zero-order chi connectivity index (χ0) is 12.1. The summed E-state index contributed by atoms with van der Waals surface area (Å²) < 4.78 is 13.1. The summed E-state index contributed by atoms with van der Waals surface area (Å²) in [5.41, 5.74) is 7.19. The van der Waals surface area contributed by atoms with Gasteiger partial charge in [0, 0.05) is 12.1 Å². The van der Waals surface area contributed by atoms with Gasteiger partial charge in [-0.25, -0.2) is 4.39 Å². The van der Waals surface area contributed by atoms with E-state index in [2.05, 4.69) is 11.8 Å². The maximum atomic E-state index is 13.1. The van der Waals surface area contributed by atoms with E-state index in [1.54, 1.807) is 6.07 Å². The first-order chi connectivity index (χ1) is 7.54. The lowest BCUT2D eigenvalue weighted by Crippen LogP contribution is -2.21. The number of rotatable bonds is 5. The van der Waals surface area contributed by atoms with Crippen molar-refractivity contribution in [2.45, 2.75) is 19.9 Å². The molecule has 0 saturated heterocycles. The molecule has 0 heterocycles. The van der Waals surface area contributed by atoms with Crippen molar-refractivity contribution < 1.29 is 4.39 Å². The van der Waals surface area contributed by atoms with E-state index in [0.717, 1.165) is 25.1 Å². The third kappa shape index (κ3) is 3.54. The molecule has 16 heavy (non-hydrogen) atoms. The second-order valence-electron chi connectivity index (χ2n) is 3.90. The van der Waals surface area contributed by atoms with Crippen molar-refractivity contribution in [2.24, 2.45) is 5.73 Å². The second-order valence-corrected chi connectivity index (χ2v) is 4.34. The first-order valence-electron chi connectivity index (χ1n) is 5.31. The summed E-state index contributed by atoms with van der Waals surface area (Å²) in [6, 6.07) is 4.59. The van der Waals surface area contributed by atoms with Crippen molar-refractivity contribution in [3.05, 3.63) is 35.1 Å². The van der Waals surface area contributed by atoms with E-state index in [4.69, 9.17) is 18.0 Å². The fraction of sp³-hybridized carbons (Fsp3) is 0.417. The summed E-state index contributed by atoms with van der Waals surface area (Å²) in [5.74, 6) is -0.301. The molecule has 0 radical (unpaired) electrons. The van der Waals surface area contributed by atoms with Gasteiger partial charge in [0.15, 0.2) is 0 Å². The highest BCUT2D eigenvalue weighted by atomic mass is 32.1. The fourth-order valence-electron chi connectivity index (χ4n) is 1.67. The van der Waals surface area contributed by atoms with Gasteiger partial charge in [-0.1, -0.05) is 25.2 Å². The van der Waals surface area contributed by atoms with Crippen LogP contribution in [0.5, 0.6) is 0 Å². The van der Waals surface area contributed by atoms with Crippen molar-refractivity contribution in [3.63, 3.8) is 0 Å². The van der Waals surface area contributed by atoms with Crippen molar-refractivity contribution in [1.29, 1.82) is 0 Å². The van der Waals surface area contributed by atoms with Crippen LogP contribution < -0.4 is 5.73 Å². The van der Waals surface area contributed by atoms with Gasteiger partial charge < -0.3 is 10.6 Å². The molecule has 0 aliphatic carbocycles. The smallest absolute Gasteiger partial charge is 0.123 e. The van der Waals surface area contributed by atoms with Gasteiger partial charge in [0.1, 0.15) is 10.8 Å². The minimum Gasteiger partial charge on any atom is -0.389 e. The average Bonchev–Trinajstić information content (AvgIpc) is 2.20. The first kappa shape index (κ1) is 13.1. The Kier molecular flexibility index (Phi) is 4.83. The van der Waals surface area contributed by atoms with Crippen molar-refractivity contribution in [3.8, 4) is 0 Å². The van der Waals surface area contributed by atoms with Gasteiger partial charge >= 0.3 is 0 Å². The van der Waals surface area contributed by atoms with Crippen LogP contribution >= 0.6 is 12.2 Å². The van der Waals surface area contributed by atoms with E-state index in [1.165, 1.54) is 12.1 Å². The number of nitrogens with two attached hydrogens (primary N) is 1. The van der Waals surface area contributed by atoms with Crippen molar-refractivity contribution in [1.82, 2.24) is 4.90 Å². The van der Waals surface area contributed by atoms with Crippen molar-refractivity contribution in [2.75, 3.05) is 13.6 Å². The minimum absolute atomic E-state index is 0.249. The van der Waals surface area contributed by atoms with Gasteiger partial charge in [0.05, 0.1) is 0 Å². The molecule has 0 saturated carbocycles. The highest BCUT2D eigenvalue weighted by Gasteiger charge is 2.08. The molecule has 0 unspecified atom stereocenters. The molecule has 0 spiro atoms. The van der Waals surface area contributed by atoms with Gasteiger partial charge in [-0.15, -0.1) is 0 Å². The van der Waals surface area contributed by atoms with E-state index < -0.39 is 0 Å². The normalized spacial score (nSPS) is 10.8.